The maximum absolute atomic E-state index is 12.1. The lowest BCUT2D eigenvalue weighted by molar-refractivity contribution is -0.121. The second kappa shape index (κ2) is 8.99. The van der Waals surface area contributed by atoms with Gasteiger partial charge in [0.1, 0.15) is 5.75 Å². The van der Waals surface area contributed by atoms with E-state index in [1.165, 1.54) is 19.0 Å². The zero-order valence-corrected chi connectivity index (χ0v) is 14.6. The molecule has 1 aromatic carbocycles. The highest BCUT2D eigenvalue weighted by atomic mass is 16.5. The maximum atomic E-state index is 12.1. The summed E-state index contributed by atoms with van der Waals surface area (Å²) in [5.74, 6) is 0.841. The van der Waals surface area contributed by atoms with Crippen LogP contribution in [0.4, 0.5) is 0 Å². The first-order chi connectivity index (χ1) is 12.7. The number of nitrogens with one attached hydrogen (secondary N) is 2. The maximum Gasteiger partial charge on any atom is 0.252 e. The number of benzene rings is 1. The molecule has 6 heteroatoms. The van der Waals surface area contributed by atoms with Gasteiger partial charge in [0, 0.05) is 31.3 Å². The molecule has 1 heterocycles. The van der Waals surface area contributed by atoms with Gasteiger partial charge in [0.05, 0.1) is 5.56 Å². The number of para-hydroxylation sites is 1. The molecule has 136 valence electrons. The fourth-order valence-corrected chi connectivity index (χ4v) is 2.95. The van der Waals surface area contributed by atoms with Crippen molar-refractivity contribution in [2.24, 2.45) is 0 Å². The van der Waals surface area contributed by atoms with Crippen LogP contribution in [0.25, 0.3) is 0 Å². The molecule has 0 radical (unpaired) electrons. The summed E-state index contributed by atoms with van der Waals surface area (Å²) in [6, 6.07) is 12.9. The molecule has 0 saturated heterocycles. The Morgan fingerprint density at radius 1 is 1.08 bits per heavy atom. The fourth-order valence-electron chi connectivity index (χ4n) is 2.95. The van der Waals surface area contributed by atoms with Crippen molar-refractivity contribution < 1.29 is 14.3 Å². The first kappa shape index (κ1) is 17.9. The topological polar surface area (TPSA) is 80.3 Å². The van der Waals surface area contributed by atoms with Gasteiger partial charge in [-0.3, -0.25) is 9.59 Å². The van der Waals surface area contributed by atoms with Crippen LogP contribution in [0, 0.1) is 0 Å². The molecule has 2 N–H and O–H groups in total. The van der Waals surface area contributed by atoms with E-state index in [2.05, 4.69) is 15.6 Å². The van der Waals surface area contributed by atoms with Crippen molar-refractivity contribution in [3.63, 3.8) is 0 Å². The third-order valence-electron chi connectivity index (χ3n) is 4.32. The van der Waals surface area contributed by atoms with Crippen molar-refractivity contribution in [2.75, 3.05) is 6.54 Å². The van der Waals surface area contributed by atoms with Crippen LogP contribution in [-0.4, -0.2) is 29.4 Å². The number of ether oxygens (including phenoxy) is 1. The van der Waals surface area contributed by atoms with E-state index in [-0.39, 0.29) is 18.2 Å². The third-order valence-corrected chi connectivity index (χ3v) is 4.32. The van der Waals surface area contributed by atoms with E-state index in [1.807, 2.05) is 30.3 Å². The monoisotopic (exact) mass is 353 g/mol. The van der Waals surface area contributed by atoms with Crippen LogP contribution in [0.15, 0.2) is 48.7 Å². The number of rotatable bonds is 7. The number of amides is 2. The highest BCUT2D eigenvalue weighted by Gasteiger charge is 2.17. The number of carbonyl (C=O) groups is 2. The van der Waals surface area contributed by atoms with Crippen LogP contribution >= 0.6 is 0 Å². The predicted molar refractivity (Wildman–Crippen MR) is 98.1 cm³/mol. The Bertz CT molecular complexity index is 726. The minimum absolute atomic E-state index is 0.0121. The Kier molecular flexibility index (Phi) is 6.19. The fraction of sp³-hybridized carbons (Fsp3) is 0.350. The van der Waals surface area contributed by atoms with Gasteiger partial charge in [0.15, 0.2) is 0 Å². The first-order valence-corrected chi connectivity index (χ1v) is 8.97. The lowest BCUT2D eigenvalue weighted by Gasteiger charge is -2.12. The van der Waals surface area contributed by atoms with E-state index in [1.54, 1.807) is 12.1 Å². The summed E-state index contributed by atoms with van der Waals surface area (Å²) in [6.07, 6.45) is 6.22. The molecule has 1 aliphatic carbocycles. The van der Waals surface area contributed by atoms with Crippen molar-refractivity contribution in [3.05, 3.63) is 54.2 Å². The van der Waals surface area contributed by atoms with Gasteiger partial charge in [-0.1, -0.05) is 31.0 Å². The summed E-state index contributed by atoms with van der Waals surface area (Å²) in [5.41, 5.74) is 0.432. The summed E-state index contributed by atoms with van der Waals surface area (Å²) in [5, 5.41) is 5.75. The highest BCUT2D eigenvalue weighted by Crippen LogP contribution is 2.19. The van der Waals surface area contributed by atoms with Gasteiger partial charge in [0.2, 0.25) is 11.8 Å². The molecular formula is C20H23N3O3. The van der Waals surface area contributed by atoms with Crippen molar-refractivity contribution >= 4 is 11.8 Å². The van der Waals surface area contributed by atoms with Crippen molar-refractivity contribution in [3.8, 4) is 11.6 Å². The average molecular weight is 353 g/mol. The van der Waals surface area contributed by atoms with E-state index < -0.39 is 0 Å². The smallest absolute Gasteiger partial charge is 0.252 e. The summed E-state index contributed by atoms with van der Waals surface area (Å²) >= 11 is 0. The number of pyridine rings is 1. The van der Waals surface area contributed by atoms with Gasteiger partial charge in [-0.2, -0.15) is 0 Å². The second-order valence-corrected chi connectivity index (χ2v) is 6.36. The van der Waals surface area contributed by atoms with E-state index in [0.29, 0.717) is 29.8 Å². The van der Waals surface area contributed by atoms with E-state index in [4.69, 9.17) is 4.74 Å². The van der Waals surface area contributed by atoms with Crippen LogP contribution in [0.5, 0.6) is 11.6 Å². The zero-order valence-electron chi connectivity index (χ0n) is 14.6. The van der Waals surface area contributed by atoms with Crippen molar-refractivity contribution in [1.82, 2.24) is 15.6 Å². The summed E-state index contributed by atoms with van der Waals surface area (Å²) in [4.78, 5) is 28.1. The zero-order chi connectivity index (χ0) is 18.2. The molecule has 2 amide bonds. The van der Waals surface area contributed by atoms with Crippen LogP contribution in [-0.2, 0) is 4.79 Å². The third kappa shape index (κ3) is 5.31. The molecule has 26 heavy (non-hydrogen) atoms. The van der Waals surface area contributed by atoms with E-state index >= 15 is 0 Å². The summed E-state index contributed by atoms with van der Waals surface area (Å²) < 4.78 is 5.59. The molecule has 1 saturated carbocycles. The Morgan fingerprint density at radius 2 is 1.85 bits per heavy atom. The van der Waals surface area contributed by atoms with E-state index in [9.17, 15) is 9.59 Å². The molecule has 0 bridgehead atoms. The van der Waals surface area contributed by atoms with Gasteiger partial charge in [-0.25, -0.2) is 4.98 Å². The number of aromatic nitrogens is 1. The van der Waals surface area contributed by atoms with Gasteiger partial charge in [-0.15, -0.1) is 0 Å². The van der Waals surface area contributed by atoms with Crippen molar-refractivity contribution in [2.45, 2.75) is 38.1 Å². The SMILES string of the molecule is O=C(CCNC(=O)c1ccc(Oc2ccccc2)nc1)NC1CCCC1. The Balaban J connectivity index is 1.42. The molecule has 0 spiro atoms. The van der Waals surface area contributed by atoms with Crippen LogP contribution in [0.3, 0.4) is 0 Å². The molecule has 0 atom stereocenters. The minimum Gasteiger partial charge on any atom is -0.439 e. The van der Waals surface area contributed by atoms with Crippen LogP contribution in [0.2, 0.25) is 0 Å². The molecule has 0 unspecified atom stereocenters. The first-order valence-electron chi connectivity index (χ1n) is 8.97. The molecule has 6 nitrogen and oxygen atoms in total. The molecule has 1 fully saturated rings. The van der Waals surface area contributed by atoms with Gasteiger partial charge >= 0.3 is 0 Å². The number of nitrogens with zero attached hydrogens (tertiary/aromatic N) is 1. The Labute approximate surface area is 153 Å². The summed E-state index contributed by atoms with van der Waals surface area (Å²) in [6.45, 7) is 0.305. The normalized spacial score (nSPS) is 14.0. The Morgan fingerprint density at radius 3 is 2.54 bits per heavy atom. The molecule has 0 aliphatic heterocycles. The number of hydrogen-bond acceptors (Lipinski definition) is 4. The second-order valence-electron chi connectivity index (χ2n) is 6.36. The highest BCUT2D eigenvalue weighted by molar-refractivity contribution is 5.94. The van der Waals surface area contributed by atoms with Gasteiger partial charge in [0.25, 0.3) is 5.91 Å². The molecule has 1 aromatic heterocycles. The van der Waals surface area contributed by atoms with Gasteiger partial charge in [-0.05, 0) is 31.0 Å². The molecule has 2 aromatic rings. The average Bonchev–Trinajstić information content (AvgIpc) is 3.16. The Hall–Kier alpha value is -2.89. The standard InChI is InChI=1S/C20H23N3O3/c24-18(23-16-6-4-5-7-16)12-13-21-20(25)15-10-11-19(22-14-15)26-17-8-2-1-3-9-17/h1-3,8-11,14,16H,4-7,12-13H2,(H,21,25)(H,23,24). The minimum atomic E-state index is -0.252. The number of carbonyl (C=O) groups excluding carboxylic acids is 2. The van der Waals surface area contributed by atoms with E-state index in [0.717, 1.165) is 12.8 Å². The molecular weight excluding hydrogens is 330 g/mol. The van der Waals surface area contributed by atoms with Crippen LogP contribution in [0.1, 0.15) is 42.5 Å². The predicted octanol–water partition coefficient (Wildman–Crippen LogP) is 3.05. The van der Waals surface area contributed by atoms with Gasteiger partial charge < -0.3 is 15.4 Å². The number of hydrogen-bond donors (Lipinski definition) is 2. The lowest BCUT2D eigenvalue weighted by atomic mass is 10.2. The molecule has 1 aliphatic rings. The molecule has 3 rings (SSSR count). The largest absolute Gasteiger partial charge is 0.439 e. The quantitative estimate of drug-likeness (QED) is 0.802. The summed E-state index contributed by atoms with van der Waals surface area (Å²) in [7, 11) is 0. The van der Waals surface area contributed by atoms with Crippen LogP contribution < -0.4 is 15.4 Å². The lowest BCUT2D eigenvalue weighted by Crippen LogP contribution is -2.35. The van der Waals surface area contributed by atoms with Crippen molar-refractivity contribution in [1.29, 1.82) is 0 Å².